The fourth-order valence-electron chi connectivity index (χ4n) is 4.03. The Morgan fingerprint density at radius 2 is 1.68 bits per heavy atom. The molecule has 1 aliphatic heterocycles. The van der Waals surface area contributed by atoms with Crippen molar-refractivity contribution in [2.45, 2.75) is 51.7 Å². The first-order chi connectivity index (χ1) is 15.0. The van der Waals surface area contributed by atoms with Crippen molar-refractivity contribution in [3.8, 4) is 11.8 Å². The third kappa shape index (κ3) is 5.55. The summed E-state index contributed by atoms with van der Waals surface area (Å²) in [7, 11) is 1.75. The van der Waals surface area contributed by atoms with E-state index in [9.17, 15) is 9.59 Å². The number of esters is 1. The molecule has 3 rings (SSSR count). The van der Waals surface area contributed by atoms with Crippen LogP contribution >= 0.6 is 0 Å². The molecule has 0 spiro atoms. The van der Waals surface area contributed by atoms with Gasteiger partial charge in [-0.1, -0.05) is 79.9 Å². The summed E-state index contributed by atoms with van der Waals surface area (Å²) < 4.78 is 5.90. The number of ether oxygens (including phenoxy) is 1. The number of cyclic esters (lactones) is 1. The number of amides is 1. The summed E-state index contributed by atoms with van der Waals surface area (Å²) in [6.45, 7) is 3.97. The molecule has 31 heavy (non-hydrogen) atoms. The lowest BCUT2D eigenvalue weighted by atomic mass is 9.87. The maximum absolute atomic E-state index is 13.3. The molecule has 0 saturated carbocycles. The highest BCUT2D eigenvalue weighted by atomic mass is 16.5. The van der Waals surface area contributed by atoms with E-state index in [1.54, 1.807) is 11.9 Å². The zero-order chi connectivity index (χ0) is 22.2. The van der Waals surface area contributed by atoms with Crippen LogP contribution in [0.4, 0.5) is 0 Å². The van der Waals surface area contributed by atoms with Crippen molar-refractivity contribution >= 4 is 11.9 Å². The molecule has 1 aliphatic rings. The first-order valence-corrected chi connectivity index (χ1v) is 11.1. The molecule has 162 valence electrons. The maximum atomic E-state index is 13.3. The maximum Gasteiger partial charge on any atom is 0.320 e. The van der Waals surface area contributed by atoms with Gasteiger partial charge >= 0.3 is 5.97 Å². The van der Waals surface area contributed by atoms with Gasteiger partial charge in [-0.2, -0.15) is 0 Å². The molecule has 4 atom stereocenters. The lowest BCUT2D eigenvalue weighted by molar-refractivity contribution is -0.156. The van der Waals surface area contributed by atoms with Gasteiger partial charge in [-0.25, -0.2) is 0 Å². The third-order valence-electron chi connectivity index (χ3n) is 5.96. The van der Waals surface area contributed by atoms with E-state index in [1.165, 1.54) is 5.56 Å². The van der Waals surface area contributed by atoms with Crippen molar-refractivity contribution in [2.75, 3.05) is 7.05 Å². The average Bonchev–Trinajstić information content (AvgIpc) is 2.87. The molecule has 0 radical (unpaired) electrons. The van der Waals surface area contributed by atoms with Gasteiger partial charge in [-0.05, 0) is 30.9 Å². The minimum atomic E-state index is -0.884. The number of hydrogen-bond donors (Lipinski definition) is 0. The first kappa shape index (κ1) is 22.6. The second kappa shape index (κ2) is 10.8. The third-order valence-corrected chi connectivity index (χ3v) is 5.96. The van der Waals surface area contributed by atoms with Crippen LogP contribution < -0.4 is 0 Å². The minimum Gasteiger partial charge on any atom is -0.455 e. The molecule has 1 heterocycles. The van der Waals surface area contributed by atoms with Crippen LogP contribution in [0.15, 0.2) is 60.7 Å². The van der Waals surface area contributed by atoms with E-state index in [-0.39, 0.29) is 17.9 Å². The number of hydrogen-bond acceptors (Lipinski definition) is 3. The van der Waals surface area contributed by atoms with Gasteiger partial charge in [-0.3, -0.25) is 9.59 Å². The zero-order valence-corrected chi connectivity index (χ0v) is 18.6. The molecule has 0 bridgehead atoms. The Balaban J connectivity index is 1.79. The van der Waals surface area contributed by atoms with Crippen LogP contribution in [-0.4, -0.2) is 29.9 Å². The van der Waals surface area contributed by atoms with Gasteiger partial charge in [-0.15, -0.1) is 5.92 Å². The van der Waals surface area contributed by atoms with Crippen LogP contribution in [0, 0.1) is 23.7 Å². The second-order valence-corrected chi connectivity index (χ2v) is 8.14. The van der Waals surface area contributed by atoms with E-state index in [0.717, 1.165) is 18.4 Å². The standard InChI is InChI=1S/C27H31NO3/c1-4-13-22(17-12-11-16-21-14-7-5-8-15-21)24-26(29)28(3)20(2)25(31-27(24)30)23-18-9-6-10-19-23/h5-10,14-15,18-20,22,24-25H,4,11,13,16H2,1-3H3/t20-,22-,24?,25-/m0/s1. The predicted octanol–water partition coefficient (Wildman–Crippen LogP) is 4.80. The molecule has 1 amide bonds. The van der Waals surface area contributed by atoms with Crippen molar-refractivity contribution in [3.05, 3.63) is 71.8 Å². The van der Waals surface area contributed by atoms with Crippen LogP contribution in [0.1, 0.15) is 50.3 Å². The fraction of sp³-hybridized carbons (Fsp3) is 0.407. The Kier molecular flexibility index (Phi) is 7.89. The molecule has 1 saturated heterocycles. The summed E-state index contributed by atoms with van der Waals surface area (Å²) in [6.07, 6.45) is 2.58. The molecule has 2 aromatic rings. The van der Waals surface area contributed by atoms with E-state index in [4.69, 9.17) is 4.74 Å². The van der Waals surface area contributed by atoms with Gasteiger partial charge < -0.3 is 9.64 Å². The first-order valence-electron chi connectivity index (χ1n) is 11.1. The number of aryl methyl sites for hydroxylation is 1. The van der Waals surface area contributed by atoms with Gasteiger partial charge in [0.1, 0.15) is 12.0 Å². The smallest absolute Gasteiger partial charge is 0.320 e. The molecular formula is C27H31NO3. The van der Waals surface area contributed by atoms with Crippen molar-refractivity contribution in [1.29, 1.82) is 0 Å². The van der Waals surface area contributed by atoms with E-state index in [1.807, 2.05) is 62.4 Å². The number of benzene rings is 2. The van der Waals surface area contributed by atoms with Gasteiger partial charge in [0.15, 0.2) is 0 Å². The normalized spacial score (nSPS) is 22.2. The van der Waals surface area contributed by atoms with E-state index >= 15 is 0 Å². The van der Waals surface area contributed by atoms with Gasteiger partial charge in [0.25, 0.3) is 0 Å². The quantitative estimate of drug-likeness (QED) is 0.385. The number of likely N-dealkylation sites (N-methyl/N-ethyl adjacent to an activating group) is 1. The molecule has 4 heteroatoms. The number of rotatable bonds is 6. The number of carbonyl (C=O) groups is 2. The SMILES string of the molecule is CCC[C@@H](C#CCCc1ccccc1)C1C(=O)O[C@H](c2ccccc2)[C@H](C)N(C)C1=O. The molecule has 0 aliphatic carbocycles. The molecule has 2 aromatic carbocycles. The zero-order valence-electron chi connectivity index (χ0n) is 18.6. The Hall–Kier alpha value is -3.06. The molecule has 0 N–H and O–H groups in total. The Morgan fingerprint density at radius 1 is 1.03 bits per heavy atom. The molecule has 1 fully saturated rings. The predicted molar refractivity (Wildman–Crippen MR) is 122 cm³/mol. The summed E-state index contributed by atoms with van der Waals surface area (Å²) in [6, 6.07) is 19.6. The van der Waals surface area contributed by atoms with Crippen molar-refractivity contribution in [3.63, 3.8) is 0 Å². The molecule has 4 nitrogen and oxygen atoms in total. The summed E-state index contributed by atoms with van der Waals surface area (Å²) in [5, 5.41) is 0. The number of carbonyl (C=O) groups excluding carboxylic acids is 2. The van der Waals surface area contributed by atoms with E-state index in [2.05, 4.69) is 24.0 Å². The molecule has 0 aromatic heterocycles. The van der Waals surface area contributed by atoms with Crippen LogP contribution in [-0.2, 0) is 20.7 Å². The monoisotopic (exact) mass is 417 g/mol. The molecule has 1 unspecified atom stereocenters. The highest BCUT2D eigenvalue weighted by Crippen LogP contribution is 2.33. The summed E-state index contributed by atoms with van der Waals surface area (Å²) >= 11 is 0. The van der Waals surface area contributed by atoms with Crippen LogP contribution in [0.5, 0.6) is 0 Å². The summed E-state index contributed by atoms with van der Waals surface area (Å²) in [5.41, 5.74) is 2.12. The van der Waals surface area contributed by atoms with Crippen LogP contribution in [0.25, 0.3) is 0 Å². The Morgan fingerprint density at radius 3 is 2.32 bits per heavy atom. The van der Waals surface area contributed by atoms with Crippen molar-refractivity contribution < 1.29 is 14.3 Å². The lowest BCUT2D eigenvalue weighted by Crippen LogP contribution is -2.42. The van der Waals surface area contributed by atoms with Crippen molar-refractivity contribution in [1.82, 2.24) is 4.90 Å². The van der Waals surface area contributed by atoms with Gasteiger partial charge in [0, 0.05) is 19.4 Å². The average molecular weight is 418 g/mol. The van der Waals surface area contributed by atoms with Crippen LogP contribution in [0.3, 0.4) is 0 Å². The topological polar surface area (TPSA) is 46.6 Å². The second-order valence-electron chi connectivity index (χ2n) is 8.14. The van der Waals surface area contributed by atoms with E-state index < -0.39 is 18.0 Å². The van der Waals surface area contributed by atoms with Gasteiger partial charge in [0.2, 0.25) is 5.91 Å². The Labute approximate surface area is 185 Å². The molecular weight excluding hydrogens is 386 g/mol. The van der Waals surface area contributed by atoms with Gasteiger partial charge in [0.05, 0.1) is 6.04 Å². The highest BCUT2D eigenvalue weighted by molar-refractivity contribution is 5.99. The van der Waals surface area contributed by atoms with Crippen LogP contribution in [0.2, 0.25) is 0 Å². The largest absolute Gasteiger partial charge is 0.455 e. The lowest BCUT2D eigenvalue weighted by Gasteiger charge is -2.28. The fourth-order valence-corrected chi connectivity index (χ4v) is 4.03. The summed E-state index contributed by atoms with van der Waals surface area (Å²) in [5.74, 6) is 4.56. The van der Waals surface area contributed by atoms with Crippen molar-refractivity contribution in [2.24, 2.45) is 11.8 Å². The highest BCUT2D eigenvalue weighted by Gasteiger charge is 2.44. The minimum absolute atomic E-state index is 0.202. The number of nitrogens with zero attached hydrogens (tertiary/aromatic N) is 1. The Bertz CT molecular complexity index is 929. The summed E-state index contributed by atoms with van der Waals surface area (Å²) in [4.78, 5) is 28.1. The van der Waals surface area contributed by atoms with E-state index in [0.29, 0.717) is 12.8 Å².